The van der Waals surface area contributed by atoms with E-state index in [2.05, 4.69) is 107 Å². The minimum absolute atomic E-state index is 0.648. The number of likely N-dealkylation sites (N-methyl/N-ethyl adjacent to an activating group) is 1. The Balaban J connectivity index is 1.27. The summed E-state index contributed by atoms with van der Waals surface area (Å²) >= 11 is 3.90. The van der Waals surface area contributed by atoms with Gasteiger partial charge in [-0.3, -0.25) is 5.10 Å². The number of hydrogen-bond acceptors (Lipinski definition) is 6. The number of halogens is 1. The molecule has 8 nitrogen and oxygen atoms in total. The second-order valence-corrected chi connectivity index (χ2v) is 9.42. The van der Waals surface area contributed by atoms with Crippen LogP contribution in [0.15, 0.2) is 65.2 Å². The van der Waals surface area contributed by atoms with Gasteiger partial charge in [0.25, 0.3) is 0 Å². The maximum Gasteiger partial charge on any atom is 0.317 e. The molecule has 0 aliphatic heterocycles. The number of fused-ring (bicyclic) bond motifs is 2. The number of nitrogens with zero attached hydrogens (tertiary/aromatic N) is 7. The number of aromatic nitrogens is 5. The van der Waals surface area contributed by atoms with Crippen LogP contribution < -0.4 is 9.47 Å². The van der Waals surface area contributed by atoms with Crippen molar-refractivity contribution in [2.45, 2.75) is 13.5 Å². The lowest BCUT2D eigenvalue weighted by molar-refractivity contribution is -0.684. The Kier molecular flexibility index (Phi) is 5.87. The molecule has 0 aliphatic rings. The zero-order valence-electron chi connectivity index (χ0n) is 17.7. The molecule has 32 heavy (non-hydrogen) atoms. The van der Waals surface area contributed by atoms with E-state index in [9.17, 15) is 0 Å². The number of rotatable bonds is 7. The first-order chi connectivity index (χ1) is 15.6. The van der Waals surface area contributed by atoms with Crippen LogP contribution in [-0.4, -0.2) is 32.8 Å². The number of nitrogens with one attached hydrogen (secondary N) is 1. The van der Waals surface area contributed by atoms with E-state index in [-0.39, 0.29) is 0 Å². The fourth-order valence-corrected chi connectivity index (χ4v) is 4.98. The highest BCUT2D eigenvalue weighted by Crippen LogP contribution is 2.32. The van der Waals surface area contributed by atoms with Crippen molar-refractivity contribution in [3.63, 3.8) is 0 Å². The fraction of sp³-hybridized carbons (Fsp3) is 0.227. The van der Waals surface area contributed by atoms with E-state index >= 15 is 0 Å². The van der Waals surface area contributed by atoms with Gasteiger partial charge in [0.15, 0.2) is 0 Å². The maximum atomic E-state index is 4.58. The standard InChI is InChI=1S/C22H22IN8S/c1-3-30(10-11-31-9-8-29(2)21(31)23)17-6-4-16(5-7-17)26-28-22-25-19-13-18-15(14-24-27-18)12-20(19)32-22/h4-9,12-14H,3,10-11H2,1-2H3,(H,24,27)/q+1. The van der Waals surface area contributed by atoms with Crippen molar-refractivity contribution < 1.29 is 4.57 Å². The summed E-state index contributed by atoms with van der Waals surface area (Å²) in [4.78, 5) is 6.94. The normalized spacial score (nSPS) is 11.8. The number of imidazole rings is 1. The third-order valence-corrected chi connectivity index (χ3v) is 7.68. The highest BCUT2D eigenvalue weighted by Gasteiger charge is 2.12. The van der Waals surface area contributed by atoms with Crippen molar-refractivity contribution in [3.8, 4) is 0 Å². The summed E-state index contributed by atoms with van der Waals surface area (Å²) in [5.41, 5.74) is 3.87. The molecule has 1 N–H and O–H groups in total. The van der Waals surface area contributed by atoms with Crippen LogP contribution in [0.4, 0.5) is 16.5 Å². The Morgan fingerprint density at radius 3 is 2.81 bits per heavy atom. The van der Waals surface area contributed by atoms with Gasteiger partial charge >= 0.3 is 3.83 Å². The van der Waals surface area contributed by atoms with Gasteiger partial charge in [-0.05, 0) is 43.3 Å². The van der Waals surface area contributed by atoms with Gasteiger partial charge in [0.2, 0.25) is 5.13 Å². The number of azo groups is 1. The largest absolute Gasteiger partial charge is 0.368 e. The predicted octanol–water partition coefficient (Wildman–Crippen LogP) is 5.35. The molecule has 0 spiro atoms. The number of thiazole rings is 1. The van der Waals surface area contributed by atoms with Crippen molar-refractivity contribution in [1.29, 1.82) is 0 Å². The first kappa shape index (κ1) is 21.0. The molecular weight excluding hydrogens is 535 g/mol. The Morgan fingerprint density at radius 2 is 2.06 bits per heavy atom. The van der Waals surface area contributed by atoms with Crippen LogP contribution in [-0.2, 0) is 13.6 Å². The number of H-pyrrole nitrogens is 1. The third-order valence-electron chi connectivity index (χ3n) is 5.39. The van der Waals surface area contributed by atoms with E-state index in [0.29, 0.717) is 5.13 Å². The van der Waals surface area contributed by atoms with Gasteiger partial charge in [0.05, 0.1) is 63.8 Å². The van der Waals surface area contributed by atoms with Gasteiger partial charge in [-0.25, -0.2) is 14.1 Å². The van der Waals surface area contributed by atoms with Gasteiger partial charge in [-0.15, -0.1) is 10.2 Å². The van der Waals surface area contributed by atoms with E-state index in [1.54, 1.807) is 0 Å². The van der Waals surface area contributed by atoms with E-state index in [1.807, 2.05) is 24.4 Å². The molecule has 0 saturated carbocycles. The van der Waals surface area contributed by atoms with E-state index in [1.165, 1.54) is 20.9 Å². The summed E-state index contributed by atoms with van der Waals surface area (Å²) < 4.78 is 6.69. The minimum atomic E-state index is 0.648. The summed E-state index contributed by atoms with van der Waals surface area (Å²) in [6.07, 6.45) is 6.02. The molecule has 3 aromatic heterocycles. The smallest absolute Gasteiger partial charge is 0.317 e. The van der Waals surface area contributed by atoms with Crippen LogP contribution >= 0.6 is 33.9 Å². The topological polar surface area (TPSA) is 78.3 Å². The summed E-state index contributed by atoms with van der Waals surface area (Å²) in [5, 5.41) is 17.5. The molecule has 0 bridgehead atoms. The van der Waals surface area contributed by atoms with Gasteiger partial charge in [0.1, 0.15) is 18.9 Å². The molecule has 0 saturated heterocycles. The molecular formula is C22H22IN8S+. The Labute approximate surface area is 202 Å². The average molecular weight is 557 g/mol. The van der Waals surface area contributed by atoms with E-state index < -0.39 is 0 Å². The molecule has 0 aliphatic carbocycles. The zero-order chi connectivity index (χ0) is 22.1. The predicted molar refractivity (Wildman–Crippen MR) is 136 cm³/mol. The third kappa shape index (κ3) is 4.24. The minimum Gasteiger partial charge on any atom is -0.368 e. The van der Waals surface area contributed by atoms with Crippen molar-refractivity contribution in [2.75, 3.05) is 18.0 Å². The number of anilines is 1. The van der Waals surface area contributed by atoms with Gasteiger partial charge in [0, 0.05) is 17.6 Å². The number of aryl methyl sites for hydroxylation is 1. The van der Waals surface area contributed by atoms with Gasteiger partial charge in [-0.2, -0.15) is 5.10 Å². The lowest BCUT2D eigenvalue weighted by atomic mass is 10.2. The molecule has 2 aromatic carbocycles. The Bertz CT molecular complexity index is 1350. The fourth-order valence-electron chi connectivity index (χ4n) is 3.60. The average Bonchev–Trinajstić information content (AvgIpc) is 3.51. The monoisotopic (exact) mass is 557 g/mol. The number of benzene rings is 2. The first-order valence-corrected chi connectivity index (χ1v) is 12.2. The van der Waals surface area contributed by atoms with Crippen LogP contribution in [0.5, 0.6) is 0 Å². The van der Waals surface area contributed by atoms with Crippen molar-refractivity contribution in [2.24, 2.45) is 17.3 Å². The van der Waals surface area contributed by atoms with Crippen LogP contribution in [0.1, 0.15) is 6.92 Å². The quantitative estimate of drug-likeness (QED) is 0.167. The molecule has 5 aromatic rings. The van der Waals surface area contributed by atoms with Crippen molar-refractivity contribution >= 4 is 71.6 Å². The van der Waals surface area contributed by atoms with Crippen LogP contribution in [0.25, 0.3) is 21.1 Å². The molecule has 0 atom stereocenters. The molecule has 0 fully saturated rings. The summed E-state index contributed by atoms with van der Waals surface area (Å²) in [6, 6.07) is 12.3. The Morgan fingerprint density at radius 1 is 1.22 bits per heavy atom. The second kappa shape index (κ2) is 8.94. The molecule has 5 rings (SSSR count). The molecule has 162 valence electrons. The highest BCUT2D eigenvalue weighted by molar-refractivity contribution is 14.1. The summed E-state index contributed by atoms with van der Waals surface area (Å²) in [7, 11) is 2.07. The van der Waals surface area contributed by atoms with Crippen LogP contribution in [0.2, 0.25) is 0 Å². The van der Waals surface area contributed by atoms with Gasteiger partial charge < -0.3 is 4.90 Å². The number of hydrogen-bond donors (Lipinski definition) is 1. The van der Waals surface area contributed by atoms with E-state index in [0.717, 1.165) is 46.4 Å². The molecule has 0 radical (unpaired) electrons. The van der Waals surface area contributed by atoms with Crippen LogP contribution in [0, 0.1) is 3.83 Å². The molecule has 0 amide bonds. The van der Waals surface area contributed by atoms with Crippen molar-refractivity contribution in [1.82, 2.24) is 19.7 Å². The van der Waals surface area contributed by atoms with E-state index in [4.69, 9.17) is 0 Å². The lowest BCUT2D eigenvalue weighted by Crippen LogP contribution is -2.32. The zero-order valence-corrected chi connectivity index (χ0v) is 20.7. The second-order valence-electron chi connectivity index (χ2n) is 7.44. The lowest BCUT2D eigenvalue weighted by Gasteiger charge is -2.22. The summed E-state index contributed by atoms with van der Waals surface area (Å²) in [5.74, 6) is 0. The number of aromatic amines is 1. The van der Waals surface area contributed by atoms with Gasteiger partial charge in [-0.1, -0.05) is 11.3 Å². The van der Waals surface area contributed by atoms with Crippen molar-refractivity contribution in [3.05, 3.63) is 58.8 Å². The SMILES string of the molecule is CCN(CCn1cc[n+](C)c1I)c1ccc(N=Nc2nc3cc4[nH]ncc4cc3s2)cc1. The first-order valence-electron chi connectivity index (χ1n) is 10.3. The maximum absolute atomic E-state index is 4.58. The molecule has 0 unspecified atom stereocenters. The molecule has 10 heteroatoms. The Hall–Kier alpha value is -2.86. The van der Waals surface area contributed by atoms with Crippen LogP contribution in [0.3, 0.4) is 0 Å². The highest BCUT2D eigenvalue weighted by atomic mass is 127. The summed E-state index contributed by atoms with van der Waals surface area (Å²) in [6.45, 7) is 5.01. The molecule has 3 heterocycles.